The summed E-state index contributed by atoms with van der Waals surface area (Å²) in [7, 11) is 0. The third-order valence-electron chi connectivity index (χ3n) is 5.56. The van der Waals surface area contributed by atoms with Gasteiger partial charge in [0.1, 0.15) is 0 Å². The summed E-state index contributed by atoms with van der Waals surface area (Å²) in [5.74, 6) is 0.868. The molecule has 1 aliphatic rings. The minimum atomic E-state index is 0.259. The van der Waals surface area contributed by atoms with Gasteiger partial charge in [0.15, 0.2) is 0 Å². The van der Waals surface area contributed by atoms with Crippen molar-refractivity contribution in [2.75, 3.05) is 13.1 Å². The van der Waals surface area contributed by atoms with Crippen molar-refractivity contribution in [2.24, 2.45) is 5.92 Å². The third-order valence-corrected chi connectivity index (χ3v) is 5.56. The first-order valence-corrected chi connectivity index (χ1v) is 9.91. The zero-order valence-corrected chi connectivity index (χ0v) is 15.5. The van der Waals surface area contributed by atoms with Gasteiger partial charge in [0.25, 0.3) is 0 Å². The Labute approximate surface area is 153 Å². The molecule has 2 aromatic rings. The van der Waals surface area contributed by atoms with E-state index in [2.05, 4.69) is 78.2 Å². The molecule has 134 valence electrons. The monoisotopic (exact) mass is 336 g/mol. The van der Waals surface area contributed by atoms with Crippen molar-refractivity contribution in [1.29, 1.82) is 0 Å². The molecule has 2 heteroatoms. The van der Waals surface area contributed by atoms with Crippen molar-refractivity contribution >= 4 is 0 Å². The Bertz CT molecular complexity index is 551. The lowest BCUT2D eigenvalue weighted by molar-refractivity contribution is 0.281. The molecule has 0 aliphatic heterocycles. The highest BCUT2D eigenvalue weighted by Crippen LogP contribution is 2.26. The molecule has 0 amide bonds. The van der Waals surface area contributed by atoms with Gasteiger partial charge < -0.3 is 10.6 Å². The van der Waals surface area contributed by atoms with Gasteiger partial charge in [-0.3, -0.25) is 0 Å². The molecule has 0 aromatic heterocycles. The van der Waals surface area contributed by atoms with Crippen molar-refractivity contribution in [3.8, 4) is 0 Å². The fourth-order valence-corrected chi connectivity index (χ4v) is 4.04. The minimum Gasteiger partial charge on any atom is -0.313 e. The Balaban J connectivity index is 1.53. The Morgan fingerprint density at radius 1 is 0.760 bits per heavy atom. The quantitative estimate of drug-likeness (QED) is 0.668. The zero-order chi connectivity index (χ0) is 17.3. The Hall–Kier alpha value is -1.64. The molecule has 0 saturated heterocycles. The van der Waals surface area contributed by atoms with Crippen LogP contribution in [0.15, 0.2) is 60.7 Å². The van der Waals surface area contributed by atoms with Crippen LogP contribution in [-0.2, 0) is 0 Å². The van der Waals surface area contributed by atoms with Gasteiger partial charge in [0, 0.05) is 19.1 Å². The molecule has 2 aromatic carbocycles. The number of benzene rings is 2. The SMILES string of the molecule is C[C@H](NCCNC(c1ccccc1)c1ccccc1)C1CCCCC1. The summed E-state index contributed by atoms with van der Waals surface area (Å²) in [6.45, 7) is 4.36. The largest absolute Gasteiger partial charge is 0.313 e. The van der Waals surface area contributed by atoms with E-state index in [0.29, 0.717) is 6.04 Å². The molecule has 3 rings (SSSR count). The Morgan fingerprint density at radius 2 is 1.28 bits per heavy atom. The van der Waals surface area contributed by atoms with Crippen molar-refractivity contribution in [1.82, 2.24) is 10.6 Å². The van der Waals surface area contributed by atoms with Crippen LogP contribution in [0.25, 0.3) is 0 Å². The second-order valence-corrected chi connectivity index (χ2v) is 7.35. The number of hydrogen-bond acceptors (Lipinski definition) is 2. The van der Waals surface area contributed by atoms with E-state index in [1.165, 1.54) is 43.2 Å². The van der Waals surface area contributed by atoms with Crippen LogP contribution < -0.4 is 10.6 Å². The summed E-state index contributed by atoms with van der Waals surface area (Å²) >= 11 is 0. The standard InChI is InChI=1S/C23H32N2/c1-19(20-11-5-2-6-12-20)24-17-18-25-23(21-13-7-3-8-14-21)22-15-9-4-10-16-22/h3-4,7-10,13-16,19-20,23-25H,2,5-6,11-12,17-18H2,1H3/t19-/m0/s1. The van der Waals surface area contributed by atoms with E-state index < -0.39 is 0 Å². The number of nitrogens with one attached hydrogen (secondary N) is 2. The first-order valence-electron chi connectivity index (χ1n) is 9.91. The van der Waals surface area contributed by atoms with Crippen LogP contribution >= 0.6 is 0 Å². The van der Waals surface area contributed by atoms with E-state index in [1.54, 1.807) is 0 Å². The minimum absolute atomic E-state index is 0.259. The second kappa shape index (κ2) is 9.74. The molecule has 2 nitrogen and oxygen atoms in total. The molecule has 1 aliphatic carbocycles. The highest BCUT2D eigenvalue weighted by Gasteiger charge is 2.19. The maximum absolute atomic E-state index is 3.75. The van der Waals surface area contributed by atoms with Gasteiger partial charge >= 0.3 is 0 Å². The van der Waals surface area contributed by atoms with Gasteiger partial charge in [-0.15, -0.1) is 0 Å². The van der Waals surface area contributed by atoms with E-state index in [0.717, 1.165) is 19.0 Å². The molecule has 0 bridgehead atoms. The highest BCUT2D eigenvalue weighted by molar-refractivity contribution is 5.31. The van der Waals surface area contributed by atoms with Crippen LogP contribution in [0.3, 0.4) is 0 Å². The molecule has 0 heterocycles. The average Bonchev–Trinajstić information content (AvgIpc) is 2.70. The van der Waals surface area contributed by atoms with Crippen molar-refractivity contribution in [2.45, 2.75) is 51.1 Å². The van der Waals surface area contributed by atoms with Gasteiger partial charge in [-0.25, -0.2) is 0 Å². The van der Waals surface area contributed by atoms with E-state index in [4.69, 9.17) is 0 Å². The summed E-state index contributed by atoms with van der Waals surface area (Å²) in [5.41, 5.74) is 2.66. The molecule has 0 spiro atoms. The molecular formula is C23H32N2. The first-order chi connectivity index (χ1) is 12.3. The molecule has 1 fully saturated rings. The van der Waals surface area contributed by atoms with Crippen molar-refractivity contribution < 1.29 is 0 Å². The van der Waals surface area contributed by atoms with Gasteiger partial charge in [0.05, 0.1) is 6.04 Å². The lowest BCUT2D eigenvalue weighted by Crippen LogP contribution is -2.39. The van der Waals surface area contributed by atoms with Crippen LogP contribution in [-0.4, -0.2) is 19.1 Å². The molecule has 1 saturated carbocycles. The highest BCUT2D eigenvalue weighted by atomic mass is 15.0. The summed E-state index contributed by atoms with van der Waals surface area (Å²) in [6, 6.07) is 22.4. The molecule has 25 heavy (non-hydrogen) atoms. The lowest BCUT2D eigenvalue weighted by Gasteiger charge is -2.29. The zero-order valence-electron chi connectivity index (χ0n) is 15.5. The van der Waals surface area contributed by atoms with Crippen molar-refractivity contribution in [3.63, 3.8) is 0 Å². The fourth-order valence-electron chi connectivity index (χ4n) is 4.04. The van der Waals surface area contributed by atoms with Crippen molar-refractivity contribution in [3.05, 3.63) is 71.8 Å². The van der Waals surface area contributed by atoms with E-state index in [1.807, 2.05) is 0 Å². The third kappa shape index (κ3) is 5.42. The number of hydrogen-bond donors (Lipinski definition) is 2. The maximum Gasteiger partial charge on any atom is 0.0577 e. The first kappa shape index (κ1) is 18.2. The van der Waals surface area contributed by atoms with Crippen LogP contribution in [0, 0.1) is 5.92 Å². The topological polar surface area (TPSA) is 24.1 Å². The predicted molar refractivity (Wildman–Crippen MR) is 107 cm³/mol. The molecule has 0 unspecified atom stereocenters. The van der Waals surface area contributed by atoms with Gasteiger partial charge in [-0.05, 0) is 36.8 Å². The fraction of sp³-hybridized carbons (Fsp3) is 0.478. The normalized spacial score (nSPS) is 16.9. The van der Waals surface area contributed by atoms with Crippen LogP contribution in [0.1, 0.15) is 56.2 Å². The lowest BCUT2D eigenvalue weighted by atomic mass is 9.84. The van der Waals surface area contributed by atoms with Crippen LogP contribution in [0.4, 0.5) is 0 Å². The van der Waals surface area contributed by atoms with E-state index in [9.17, 15) is 0 Å². The maximum atomic E-state index is 3.75. The summed E-state index contributed by atoms with van der Waals surface area (Å²) in [6.07, 6.45) is 7.06. The predicted octanol–water partition coefficient (Wildman–Crippen LogP) is 4.92. The Kier molecular flexibility index (Phi) is 7.08. The summed E-state index contributed by atoms with van der Waals surface area (Å²) in [4.78, 5) is 0. The Morgan fingerprint density at radius 3 is 1.84 bits per heavy atom. The molecule has 0 radical (unpaired) electrons. The molecular weight excluding hydrogens is 304 g/mol. The smallest absolute Gasteiger partial charge is 0.0577 e. The number of rotatable bonds is 8. The summed E-state index contributed by atoms with van der Waals surface area (Å²) in [5, 5.41) is 7.50. The van der Waals surface area contributed by atoms with Gasteiger partial charge in [0.2, 0.25) is 0 Å². The molecule has 2 N–H and O–H groups in total. The molecule has 1 atom stereocenters. The average molecular weight is 337 g/mol. The van der Waals surface area contributed by atoms with Gasteiger partial charge in [-0.1, -0.05) is 79.9 Å². The second-order valence-electron chi connectivity index (χ2n) is 7.35. The van der Waals surface area contributed by atoms with Crippen LogP contribution in [0.2, 0.25) is 0 Å². The van der Waals surface area contributed by atoms with Crippen LogP contribution in [0.5, 0.6) is 0 Å². The van der Waals surface area contributed by atoms with E-state index in [-0.39, 0.29) is 6.04 Å². The summed E-state index contributed by atoms with van der Waals surface area (Å²) < 4.78 is 0. The van der Waals surface area contributed by atoms with Gasteiger partial charge in [-0.2, -0.15) is 0 Å². The van der Waals surface area contributed by atoms with E-state index >= 15 is 0 Å².